The van der Waals surface area contributed by atoms with Crippen LogP contribution in [0, 0.1) is 29.1 Å². The highest BCUT2D eigenvalue weighted by Crippen LogP contribution is 2.50. The molecule has 5 aromatic rings. The predicted molar refractivity (Wildman–Crippen MR) is 170 cm³/mol. The minimum Gasteiger partial charge on any atom is -0.507 e. The predicted octanol–water partition coefficient (Wildman–Crippen LogP) is 6.83. The molecule has 0 saturated heterocycles. The number of phenols is 1. The van der Waals surface area contributed by atoms with Gasteiger partial charge in [-0.2, -0.15) is 0 Å². The van der Waals surface area contributed by atoms with E-state index in [1.807, 2.05) is 30.3 Å². The number of fused-ring (bicyclic) bond motifs is 2. The molecule has 2 atom stereocenters. The lowest BCUT2D eigenvalue weighted by molar-refractivity contribution is -0.117. The number of nitrogens with two attached hydrogens (primary N) is 1. The van der Waals surface area contributed by atoms with Gasteiger partial charge in [-0.15, -0.1) is 0 Å². The number of anilines is 2. The summed E-state index contributed by atoms with van der Waals surface area (Å²) in [7, 11) is 0. The lowest BCUT2D eigenvalue weighted by Gasteiger charge is -2.30. The van der Waals surface area contributed by atoms with Crippen LogP contribution in [0.25, 0.3) is 0 Å². The summed E-state index contributed by atoms with van der Waals surface area (Å²) < 4.78 is 75.9. The molecule has 9 nitrogen and oxygen atoms in total. The van der Waals surface area contributed by atoms with E-state index in [0.29, 0.717) is 11.1 Å². The van der Waals surface area contributed by atoms with Crippen molar-refractivity contribution in [2.24, 2.45) is 5.73 Å². The Kier molecular flexibility index (Phi) is 8.95. The normalized spacial score (nSPS) is 13.8. The van der Waals surface area contributed by atoms with Gasteiger partial charge in [-0.1, -0.05) is 54.6 Å². The molecule has 14 heteroatoms. The van der Waals surface area contributed by atoms with E-state index in [1.165, 1.54) is 42.5 Å². The summed E-state index contributed by atoms with van der Waals surface area (Å²) in [4.78, 5) is 38.0. The van der Waals surface area contributed by atoms with E-state index >= 15 is 0 Å². The van der Waals surface area contributed by atoms with Crippen molar-refractivity contribution < 1.29 is 51.3 Å². The lowest BCUT2D eigenvalue weighted by atomic mass is 9.80. The first-order valence-electron chi connectivity index (χ1n) is 14.8. The average molecular weight is 690 g/mol. The number of carboxylic acids is 1. The van der Waals surface area contributed by atoms with E-state index in [1.54, 1.807) is 12.1 Å². The third-order valence-electron chi connectivity index (χ3n) is 8.07. The molecule has 0 bridgehead atoms. The van der Waals surface area contributed by atoms with Crippen LogP contribution in [-0.2, 0) is 11.2 Å². The second-order valence-corrected chi connectivity index (χ2v) is 11.3. The smallest absolute Gasteiger partial charge is 0.339 e. The molecule has 50 heavy (non-hydrogen) atoms. The van der Waals surface area contributed by atoms with Gasteiger partial charge in [0.1, 0.15) is 28.4 Å². The fourth-order valence-corrected chi connectivity index (χ4v) is 5.72. The van der Waals surface area contributed by atoms with Gasteiger partial charge in [0.25, 0.3) is 5.91 Å². The molecule has 254 valence electrons. The minimum atomic E-state index is -2.43. The standard InChI is InChI=1S/C36H24F5N3O6/c37-29-28(30(38)32(40)33(41)31(29)39)35(47)44-18-10-12-20-25(15-18)50-24-14-17(43-34(46)22(42)13-16-5-2-1-3-6-16)9-11-19(24)26(20)21-7-4-8-23(45)27(21)36(48)49/h1-12,14-15,22,26,45H,13,42H2,(H,43,46)(H,44,47)(H,48,49). The number of benzene rings is 5. The summed E-state index contributed by atoms with van der Waals surface area (Å²) in [5.41, 5.74) is 5.79. The molecule has 5 aromatic carbocycles. The Morgan fingerprint density at radius 2 is 1.26 bits per heavy atom. The molecule has 0 saturated carbocycles. The SMILES string of the molecule is NC(Cc1ccccc1)C(=O)Nc1ccc2c(c1)Oc1cc(NC(=O)c3c(F)c(F)c(F)c(F)c3F)ccc1C2c1cccc(O)c1C(=O)O. The van der Waals surface area contributed by atoms with Crippen molar-refractivity contribution in [3.8, 4) is 17.2 Å². The number of carbonyl (C=O) groups excluding carboxylic acids is 2. The zero-order valence-electron chi connectivity index (χ0n) is 25.4. The van der Waals surface area contributed by atoms with Crippen molar-refractivity contribution in [1.29, 1.82) is 0 Å². The topological polar surface area (TPSA) is 151 Å². The average Bonchev–Trinajstić information content (AvgIpc) is 3.09. The van der Waals surface area contributed by atoms with E-state index in [2.05, 4.69) is 10.6 Å². The van der Waals surface area contributed by atoms with Crippen molar-refractivity contribution in [1.82, 2.24) is 0 Å². The Hall–Kier alpha value is -6.28. The van der Waals surface area contributed by atoms with Gasteiger partial charge >= 0.3 is 5.97 Å². The van der Waals surface area contributed by atoms with Gasteiger partial charge in [0, 0.05) is 40.6 Å². The van der Waals surface area contributed by atoms with Crippen molar-refractivity contribution in [2.45, 2.75) is 18.4 Å². The van der Waals surface area contributed by atoms with Crippen LogP contribution in [0.15, 0.2) is 84.9 Å². The third kappa shape index (κ3) is 6.19. The lowest BCUT2D eigenvalue weighted by Crippen LogP contribution is -2.37. The van der Waals surface area contributed by atoms with E-state index in [-0.39, 0.29) is 34.9 Å². The summed E-state index contributed by atoms with van der Waals surface area (Å²) in [6.45, 7) is 0. The number of aromatic carboxylic acids is 1. The Balaban J connectivity index is 1.38. The molecule has 0 fully saturated rings. The first-order valence-corrected chi connectivity index (χ1v) is 14.8. The van der Waals surface area contributed by atoms with Crippen molar-refractivity contribution in [3.63, 3.8) is 0 Å². The van der Waals surface area contributed by atoms with Crippen molar-refractivity contribution in [2.75, 3.05) is 10.6 Å². The molecule has 2 amide bonds. The van der Waals surface area contributed by atoms with E-state index in [0.717, 1.165) is 5.56 Å². The molecule has 1 aliphatic rings. The number of amides is 2. The monoisotopic (exact) mass is 689 g/mol. The summed E-state index contributed by atoms with van der Waals surface area (Å²) in [6.07, 6.45) is 0.249. The zero-order chi connectivity index (χ0) is 35.9. The maximum absolute atomic E-state index is 14.3. The molecular weight excluding hydrogens is 665 g/mol. The molecule has 2 unspecified atom stereocenters. The number of rotatable bonds is 8. The Labute approximate surface area is 279 Å². The van der Waals surface area contributed by atoms with Crippen LogP contribution in [0.1, 0.15) is 48.9 Å². The van der Waals surface area contributed by atoms with E-state index in [4.69, 9.17) is 10.5 Å². The first-order chi connectivity index (χ1) is 23.8. The maximum atomic E-state index is 14.3. The summed E-state index contributed by atoms with van der Waals surface area (Å²) in [6, 6.07) is 20.7. The highest BCUT2D eigenvalue weighted by atomic mass is 19.2. The number of carboxylic acid groups (broad SMARTS) is 1. The van der Waals surface area contributed by atoms with Gasteiger partial charge < -0.3 is 31.3 Å². The zero-order valence-corrected chi connectivity index (χ0v) is 25.4. The molecule has 6 N–H and O–H groups in total. The molecule has 1 heterocycles. The molecule has 0 aromatic heterocycles. The van der Waals surface area contributed by atoms with Crippen LogP contribution in [0.5, 0.6) is 17.2 Å². The number of aromatic hydroxyl groups is 1. The number of hydrogen-bond donors (Lipinski definition) is 5. The van der Waals surface area contributed by atoms with Crippen molar-refractivity contribution in [3.05, 3.63) is 147 Å². The number of hydrogen-bond acceptors (Lipinski definition) is 6. The summed E-state index contributed by atoms with van der Waals surface area (Å²) >= 11 is 0. The van der Waals surface area contributed by atoms with Gasteiger partial charge in [0.05, 0.1) is 6.04 Å². The van der Waals surface area contributed by atoms with Gasteiger partial charge in [0.15, 0.2) is 23.3 Å². The van der Waals surface area contributed by atoms with Crippen LogP contribution in [0.2, 0.25) is 0 Å². The maximum Gasteiger partial charge on any atom is 0.339 e. The van der Waals surface area contributed by atoms with E-state index in [9.17, 15) is 46.5 Å². The highest BCUT2D eigenvalue weighted by Gasteiger charge is 2.34. The van der Waals surface area contributed by atoms with Gasteiger partial charge in [-0.3, -0.25) is 9.59 Å². The highest BCUT2D eigenvalue weighted by molar-refractivity contribution is 6.05. The fourth-order valence-electron chi connectivity index (χ4n) is 5.72. The number of nitrogens with one attached hydrogen (secondary N) is 2. The largest absolute Gasteiger partial charge is 0.507 e. The fraction of sp³-hybridized carbons (Fsp3) is 0.0833. The molecule has 1 aliphatic heterocycles. The minimum absolute atomic E-state index is 0.0124. The van der Waals surface area contributed by atoms with Crippen LogP contribution in [0.3, 0.4) is 0 Å². The van der Waals surface area contributed by atoms with Crippen LogP contribution in [-0.4, -0.2) is 34.0 Å². The summed E-state index contributed by atoms with van der Waals surface area (Å²) in [5.74, 6) is -16.6. The number of ether oxygens (including phenoxy) is 1. The Morgan fingerprint density at radius 1 is 0.700 bits per heavy atom. The van der Waals surface area contributed by atoms with Crippen LogP contribution in [0.4, 0.5) is 33.3 Å². The van der Waals surface area contributed by atoms with Gasteiger partial charge in [-0.05, 0) is 35.7 Å². The third-order valence-corrected chi connectivity index (χ3v) is 8.07. The molecule has 0 radical (unpaired) electrons. The van der Waals surface area contributed by atoms with Gasteiger partial charge in [0.2, 0.25) is 11.7 Å². The molecule has 0 aliphatic carbocycles. The van der Waals surface area contributed by atoms with Crippen LogP contribution >= 0.6 is 0 Å². The quantitative estimate of drug-likeness (QED) is 0.0668. The Bertz CT molecular complexity index is 2170. The molecule has 0 spiro atoms. The van der Waals surface area contributed by atoms with Gasteiger partial charge in [-0.25, -0.2) is 26.7 Å². The molecule has 6 rings (SSSR count). The number of halogens is 5. The second-order valence-electron chi connectivity index (χ2n) is 11.3. The van der Waals surface area contributed by atoms with Crippen molar-refractivity contribution >= 4 is 29.2 Å². The summed E-state index contributed by atoms with van der Waals surface area (Å²) in [5, 5.41) is 25.3. The molecular formula is C36H24F5N3O6. The second kappa shape index (κ2) is 13.3. The number of carbonyl (C=O) groups is 3. The first kappa shape index (κ1) is 33.6. The Morgan fingerprint density at radius 3 is 1.84 bits per heavy atom. The van der Waals surface area contributed by atoms with E-state index < -0.39 is 75.7 Å². The van der Waals surface area contributed by atoms with Crippen LogP contribution < -0.4 is 21.1 Å².